The Balaban J connectivity index is 3.00. The lowest BCUT2D eigenvalue weighted by molar-refractivity contribution is -0.140. The van der Waals surface area contributed by atoms with Crippen LogP contribution >= 0.6 is 11.5 Å². The van der Waals surface area contributed by atoms with Crippen LogP contribution in [-0.2, 0) is 6.18 Å². The van der Waals surface area contributed by atoms with Crippen molar-refractivity contribution >= 4 is 17.5 Å². The molecule has 1 aromatic heterocycles. The molecule has 0 saturated carbocycles. The van der Waals surface area contributed by atoms with E-state index in [9.17, 15) is 18.0 Å². The first-order valence-corrected chi connectivity index (χ1v) is 3.46. The summed E-state index contributed by atoms with van der Waals surface area (Å²) in [6.45, 7) is 0. The zero-order valence-corrected chi connectivity index (χ0v) is 6.24. The third kappa shape index (κ3) is 1.73. The standard InChI is InChI=1S/C5H2F3NO2S/c6-5(7,8)3-1-2(4(10)11)12-9-3/h1H,(H,10,11). The van der Waals surface area contributed by atoms with Crippen LogP contribution in [0, 0.1) is 0 Å². The summed E-state index contributed by atoms with van der Waals surface area (Å²) < 4.78 is 38.4. The molecule has 1 rings (SSSR count). The van der Waals surface area contributed by atoms with E-state index in [1.54, 1.807) is 0 Å². The zero-order chi connectivity index (χ0) is 9.35. The highest BCUT2D eigenvalue weighted by Gasteiger charge is 2.34. The molecule has 0 atom stereocenters. The second-order valence-electron chi connectivity index (χ2n) is 1.88. The predicted molar refractivity (Wildman–Crippen MR) is 34.1 cm³/mol. The zero-order valence-electron chi connectivity index (χ0n) is 5.42. The average Bonchev–Trinajstić information content (AvgIpc) is 2.30. The number of hydrogen-bond donors (Lipinski definition) is 1. The Morgan fingerprint density at radius 1 is 1.58 bits per heavy atom. The lowest BCUT2D eigenvalue weighted by Gasteiger charge is -1.98. The second-order valence-corrected chi connectivity index (χ2v) is 2.68. The number of carboxylic acids is 1. The fourth-order valence-corrected chi connectivity index (χ4v) is 1.10. The molecule has 3 nitrogen and oxygen atoms in total. The SMILES string of the molecule is O=C(O)c1cc(C(F)(F)F)ns1. The molecular formula is C5H2F3NO2S. The van der Waals surface area contributed by atoms with E-state index in [-0.39, 0.29) is 0 Å². The van der Waals surface area contributed by atoms with Gasteiger partial charge in [-0.2, -0.15) is 17.5 Å². The van der Waals surface area contributed by atoms with Gasteiger partial charge in [-0.1, -0.05) is 0 Å². The normalized spacial score (nSPS) is 11.6. The highest BCUT2D eigenvalue weighted by molar-refractivity contribution is 7.08. The molecule has 0 fully saturated rings. The van der Waals surface area contributed by atoms with Gasteiger partial charge in [0.15, 0.2) is 5.69 Å². The molecule has 1 heterocycles. The van der Waals surface area contributed by atoms with Crippen molar-refractivity contribution in [3.8, 4) is 0 Å². The summed E-state index contributed by atoms with van der Waals surface area (Å²) in [5.74, 6) is -1.40. The number of nitrogens with zero attached hydrogens (tertiary/aromatic N) is 1. The molecule has 0 aliphatic rings. The summed E-state index contributed by atoms with van der Waals surface area (Å²) >= 11 is 0.315. The van der Waals surface area contributed by atoms with Gasteiger partial charge < -0.3 is 5.11 Å². The Hall–Kier alpha value is -1.11. The van der Waals surface area contributed by atoms with Crippen molar-refractivity contribution in [3.63, 3.8) is 0 Å². The van der Waals surface area contributed by atoms with Crippen molar-refractivity contribution in [2.24, 2.45) is 0 Å². The number of hydrogen-bond acceptors (Lipinski definition) is 3. The van der Waals surface area contributed by atoms with Crippen LogP contribution in [0.3, 0.4) is 0 Å². The van der Waals surface area contributed by atoms with Gasteiger partial charge in [0, 0.05) is 0 Å². The van der Waals surface area contributed by atoms with E-state index in [0.29, 0.717) is 17.6 Å². The Morgan fingerprint density at radius 3 is 2.42 bits per heavy atom. The predicted octanol–water partition coefficient (Wildman–Crippen LogP) is 1.86. The summed E-state index contributed by atoms with van der Waals surface area (Å²) in [6, 6.07) is 0.507. The van der Waals surface area contributed by atoms with Crippen LogP contribution < -0.4 is 0 Å². The second kappa shape index (κ2) is 2.74. The van der Waals surface area contributed by atoms with E-state index in [1.807, 2.05) is 0 Å². The molecular weight excluding hydrogens is 195 g/mol. The topological polar surface area (TPSA) is 50.2 Å². The summed E-state index contributed by atoms with van der Waals surface area (Å²) in [7, 11) is 0. The van der Waals surface area contributed by atoms with Crippen LogP contribution in [0.4, 0.5) is 13.2 Å². The number of rotatable bonds is 1. The molecule has 0 aliphatic heterocycles. The van der Waals surface area contributed by atoms with E-state index in [1.165, 1.54) is 0 Å². The first-order valence-electron chi connectivity index (χ1n) is 2.68. The van der Waals surface area contributed by atoms with Crippen molar-refractivity contribution < 1.29 is 23.1 Å². The van der Waals surface area contributed by atoms with Gasteiger partial charge in [0.25, 0.3) is 0 Å². The van der Waals surface area contributed by atoms with Crippen LogP contribution in [0.1, 0.15) is 15.4 Å². The van der Waals surface area contributed by atoms with Crippen molar-refractivity contribution in [1.82, 2.24) is 4.37 Å². The van der Waals surface area contributed by atoms with Crippen molar-refractivity contribution in [2.45, 2.75) is 6.18 Å². The lowest BCUT2D eigenvalue weighted by Crippen LogP contribution is -2.04. The van der Waals surface area contributed by atoms with E-state index < -0.39 is 22.7 Å². The lowest BCUT2D eigenvalue weighted by atomic mass is 10.4. The largest absolute Gasteiger partial charge is 0.477 e. The average molecular weight is 197 g/mol. The number of aromatic carboxylic acids is 1. The molecule has 1 aromatic rings. The molecule has 0 aliphatic carbocycles. The Morgan fingerprint density at radius 2 is 2.17 bits per heavy atom. The van der Waals surface area contributed by atoms with Gasteiger partial charge in [0.2, 0.25) is 0 Å². The number of halogens is 3. The van der Waals surface area contributed by atoms with Gasteiger partial charge in [-0.05, 0) is 17.6 Å². The molecule has 0 aromatic carbocycles. The van der Waals surface area contributed by atoms with Gasteiger partial charge in [0.05, 0.1) is 0 Å². The highest BCUT2D eigenvalue weighted by Crippen LogP contribution is 2.29. The molecule has 0 unspecified atom stereocenters. The molecule has 66 valence electrons. The van der Waals surface area contributed by atoms with Crippen LogP contribution in [0.2, 0.25) is 0 Å². The first kappa shape index (κ1) is 8.98. The van der Waals surface area contributed by atoms with Crippen molar-refractivity contribution in [2.75, 3.05) is 0 Å². The molecule has 0 bridgehead atoms. The minimum Gasteiger partial charge on any atom is -0.477 e. The third-order valence-electron chi connectivity index (χ3n) is 1.01. The Labute approximate surface area is 68.6 Å². The number of alkyl halides is 3. The maximum atomic E-state index is 11.8. The van der Waals surface area contributed by atoms with Crippen molar-refractivity contribution in [1.29, 1.82) is 0 Å². The van der Waals surface area contributed by atoms with E-state index in [0.717, 1.165) is 0 Å². The molecule has 0 spiro atoms. The fraction of sp³-hybridized carbons (Fsp3) is 0.200. The smallest absolute Gasteiger partial charge is 0.434 e. The maximum Gasteiger partial charge on any atom is 0.434 e. The van der Waals surface area contributed by atoms with Gasteiger partial charge in [0.1, 0.15) is 4.88 Å². The van der Waals surface area contributed by atoms with E-state index in [2.05, 4.69) is 4.37 Å². The van der Waals surface area contributed by atoms with Crippen LogP contribution in [-0.4, -0.2) is 15.4 Å². The summed E-state index contributed by atoms with van der Waals surface area (Å²) in [5, 5.41) is 8.27. The van der Waals surface area contributed by atoms with Gasteiger partial charge in [-0.25, -0.2) is 4.79 Å². The van der Waals surface area contributed by atoms with Crippen LogP contribution in [0.5, 0.6) is 0 Å². The number of aromatic nitrogens is 1. The number of carbonyl (C=O) groups is 1. The van der Waals surface area contributed by atoms with Crippen LogP contribution in [0.25, 0.3) is 0 Å². The van der Waals surface area contributed by atoms with E-state index >= 15 is 0 Å². The molecule has 0 saturated heterocycles. The maximum absolute atomic E-state index is 11.8. The van der Waals surface area contributed by atoms with Gasteiger partial charge >= 0.3 is 12.1 Å². The quantitative estimate of drug-likeness (QED) is 0.747. The Kier molecular flexibility index (Phi) is 2.05. The minimum absolute atomic E-state index is 0.315. The summed E-state index contributed by atoms with van der Waals surface area (Å²) in [5.41, 5.74) is -1.16. The highest BCUT2D eigenvalue weighted by atomic mass is 32.1. The van der Waals surface area contributed by atoms with Crippen molar-refractivity contribution in [3.05, 3.63) is 16.6 Å². The summed E-state index contributed by atoms with van der Waals surface area (Å²) in [4.78, 5) is 9.73. The molecule has 0 amide bonds. The van der Waals surface area contributed by atoms with Crippen LogP contribution in [0.15, 0.2) is 6.07 Å². The molecule has 7 heteroatoms. The Bertz CT molecular complexity index is 306. The molecule has 12 heavy (non-hydrogen) atoms. The molecule has 0 radical (unpaired) electrons. The minimum atomic E-state index is -4.57. The van der Waals surface area contributed by atoms with Gasteiger partial charge in [-0.3, -0.25) is 0 Å². The molecule has 1 N–H and O–H groups in total. The van der Waals surface area contributed by atoms with E-state index in [4.69, 9.17) is 5.11 Å². The van der Waals surface area contributed by atoms with Gasteiger partial charge in [-0.15, -0.1) is 0 Å². The third-order valence-corrected chi connectivity index (χ3v) is 1.79. The first-order chi connectivity index (χ1) is 5.41. The fourth-order valence-electron chi connectivity index (χ4n) is 0.510. The monoisotopic (exact) mass is 197 g/mol. The summed E-state index contributed by atoms with van der Waals surface area (Å²) in [6.07, 6.45) is -4.57. The number of carboxylic acid groups (broad SMARTS) is 1.